The Morgan fingerprint density at radius 3 is 2.85 bits per heavy atom. The van der Waals surface area contributed by atoms with Crippen molar-refractivity contribution in [3.8, 4) is 10.6 Å². The van der Waals surface area contributed by atoms with Gasteiger partial charge in [-0.15, -0.1) is 22.7 Å². The standard InChI is InChI=1S/C19H17N3O3S2/c1-3-15(23)21-18-16(17-20-12-6-4-5-7-13(12)26-17)11-8-10(2)22(19(24)25)9-14(11)27-18/h3-7,10H,1,8-9H2,2H3,(H,21,23)(H,24,25). The van der Waals surface area contributed by atoms with E-state index in [0.717, 1.165) is 31.2 Å². The molecule has 27 heavy (non-hydrogen) atoms. The smallest absolute Gasteiger partial charge is 0.407 e. The minimum absolute atomic E-state index is 0.138. The van der Waals surface area contributed by atoms with E-state index in [-0.39, 0.29) is 11.9 Å². The Morgan fingerprint density at radius 1 is 1.37 bits per heavy atom. The van der Waals surface area contributed by atoms with Gasteiger partial charge in [-0.05, 0) is 37.1 Å². The number of amides is 2. The molecule has 0 saturated heterocycles. The molecule has 1 aliphatic heterocycles. The van der Waals surface area contributed by atoms with E-state index in [1.54, 1.807) is 11.3 Å². The van der Waals surface area contributed by atoms with Gasteiger partial charge >= 0.3 is 6.09 Å². The molecule has 138 valence electrons. The number of para-hydroxylation sites is 1. The zero-order chi connectivity index (χ0) is 19.1. The molecule has 0 bridgehead atoms. The Morgan fingerprint density at radius 2 is 2.15 bits per heavy atom. The number of nitrogens with one attached hydrogen (secondary N) is 1. The number of aromatic nitrogens is 1. The molecule has 1 unspecified atom stereocenters. The maximum Gasteiger partial charge on any atom is 0.407 e. The second-order valence-electron chi connectivity index (χ2n) is 6.35. The van der Waals surface area contributed by atoms with Gasteiger partial charge in [0.1, 0.15) is 10.0 Å². The molecule has 3 aromatic rings. The van der Waals surface area contributed by atoms with Crippen molar-refractivity contribution in [2.75, 3.05) is 5.32 Å². The summed E-state index contributed by atoms with van der Waals surface area (Å²) in [6, 6.07) is 7.76. The van der Waals surface area contributed by atoms with Crippen molar-refractivity contribution in [3.05, 3.63) is 47.4 Å². The Labute approximate surface area is 163 Å². The summed E-state index contributed by atoms with van der Waals surface area (Å²) in [5.74, 6) is -0.293. The van der Waals surface area contributed by atoms with Crippen LogP contribution in [0.3, 0.4) is 0 Å². The number of fused-ring (bicyclic) bond motifs is 2. The summed E-state index contributed by atoms with van der Waals surface area (Å²) in [4.78, 5) is 30.6. The number of hydrogen-bond acceptors (Lipinski definition) is 5. The van der Waals surface area contributed by atoms with Crippen LogP contribution in [0.4, 0.5) is 9.80 Å². The summed E-state index contributed by atoms with van der Waals surface area (Å²) in [5, 5.41) is 13.9. The molecule has 8 heteroatoms. The van der Waals surface area contributed by atoms with Crippen molar-refractivity contribution in [2.45, 2.75) is 25.9 Å². The fraction of sp³-hybridized carbons (Fsp3) is 0.211. The van der Waals surface area contributed by atoms with Crippen molar-refractivity contribution in [1.29, 1.82) is 0 Å². The van der Waals surface area contributed by atoms with Crippen molar-refractivity contribution in [2.24, 2.45) is 0 Å². The number of carboxylic acid groups (broad SMARTS) is 1. The zero-order valence-electron chi connectivity index (χ0n) is 14.6. The fourth-order valence-corrected chi connectivity index (χ4v) is 5.63. The van der Waals surface area contributed by atoms with Crippen LogP contribution in [-0.4, -0.2) is 33.0 Å². The SMILES string of the molecule is C=CC(=O)Nc1sc2c(c1-c1nc3ccccc3s1)CC(C)N(C(=O)O)C2. The molecule has 6 nitrogen and oxygen atoms in total. The third-order valence-corrected chi connectivity index (χ3v) is 6.80. The van der Waals surface area contributed by atoms with Gasteiger partial charge in [0.15, 0.2) is 0 Å². The molecule has 0 spiro atoms. The summed E-state index contributed by atoms with van der Waals surface area (Å²) in [6.45, 7) is 5.74. The zero-order valence-corrected chi connectivity index (χ0v) is 16.2. The van der Waals surface area contributed by atoms with Crippen LogP contribution in [0.2, 0.25) is 0 Å². The predicted octanol–water partition coefficient (Wildman–Crippen LogP) is 4.57. The molecule has 2 N–H and O–H groups in total. The lowest BCUT2D eigenvalue weighted by atomic mass is 9.98. The van der Waals surface area contributed by atoms with Crippen LogP contribution in [0.1, 0.15) is 17.4 Å². The topological polar surface area (TPSA) is 82.5 Å². The van der Waals surface area contributed by atoms with Gasteiger partial charge in [-0.2, -0.15) is 0 Å². The number of thiazole rings is 1. The number of thiophene rings is 1. The van der Waals surface area contributed by atoms with Crippen molar-refractivity contribution in [3.63, 3.8) is 0 Å². The van der Waals surface area contributed by atoms with Crippen LogP contribution in [0.25, 0.3) is 20.8 Å². The molecule has 0 aliphatic carbocycles. The number of rotatable bonds is 3. The van der Waals surface area contributed by atoms with Gasteiger partial charge in [-0.3, -0.25) is 4.79 Å². The highest BCUT2D eigenvalue weighted by molar-refractivity contribution is 7.22. The summed E-state index contributed by atoms with van der Waals surface area (Å²) < 4.78 is 1.07. The van der Waals surface area contributed by atoms with Gasteiger partial charge in [0.05, 0.1) is 16.8 Å². The Kier molecular flexibility index (Phi) is 4.45. The average molecular weight is 399 g/mol. The molecular formula is C19H17N3O3S2. The number of hydrogen-bond donors (Lipinski definition) is 2. The molecule has 1 aliphatic rings. The Bertz CT molecular complexity index is 1040. The van der Waals surface area contributed by atoms with E-state index in [4.69, 9.17) is 4.98 Å². The molecule has 0 fully saturated rings. The van der Waals surface area contributed by atoms with Crippen LogP contribution >= 0.6 is 22.7 Å². The molecule has 1 atom stereocenters. The minimum Gasteiger partial charge on any atom is -0.465 e. The van der Waals surface area contributed by atoms with E-state index >= 15 is 0 Å². The highest BCUT2D eigenvalue weighted by atomic mass is 32.1. The van der Waals surface area contributed by atoms with Gasteiger partial charge in [-0.25, -0.2) is 9.78 Å². The first-order valence-corrected chi connectivity index (χ1v) is 10.0. The van der Waals surface area contributed by atoms with Crippen molar-refractivity contribution < 1.29 is 14.7 Å². The van der Waals surface area contributed by atoms with Gasteiger partial charge in [-0.1, -0.05) is 18.7 Å². The largest absolute Gasteiger partial charge is 0.465 e. The quantitative estimate of drug-likeness (QED) is 0.632. The maximum absolute atomic E-state index is 11.9. The lowest BCUT2D eigenvalue weighted by molar-refractivity contribution is -0.111. The number of benzene rings is 1. The van der Waals surface area contributed by atoms with Gasteiger partial charge in [0.25, 0.3) is 0 Å². The van der Waals surface area contributed by atoms with Crippen molar-refractivity contribution in [1.82, 2.24) is 9.88 Å². The number of carbonyl (C=O) groups is 2. The third-order valence-electron chi connectivity index (χ3n) is 4.61. The number of anilines is 1. The highest BCUT2D eigenvalue weighted by Crippen LogP contribution is 2.46. The fourth-order valence-electron chi connectivity index (χ4n) is 3.28. The van der Waals surface area contributed by atoms with E-state index in [1.807, 2.05) is 31.2 Å². The number of carbonyl (C=O) groups excluding carboxylic acids is 1. The minimum atomic E-state index is -0.931. The molecule has 4 rings (SSSR count). The van der Waals surface area contributed by atoms with E-state index in [0.29, 0.717) is 18.0 Å². The maximum atomic E-state index is 11.9. The second kappa shape index (κ2) is 6.79. The van der Waals surface area contributed by atoms with E-state index < -0.39 is 6.09 Å². The van der Waals surface area contributed by atoms with E-state index in [9.17, 15) is 14.7 Å². The van der Waals surface area contributed by atoms with Crippen LogP contribution in [0.15, 0.2) is 36.9 Å². The molecule has 3 heterocycles. The molecular weight excluding hydrogens is 382 g/mol. The van der Waals surface area contributed by atoms with Crippen molar-refractivity contribution >= 4 is 49.9 Å². The Hall–Kier alpha value is -2.71. The van der Waals surface area contributed by atoms with Gasteiger partial charge in [0, 0.05) is 16.5 Å². The number of nitrogens with zero attached hydrogens (tertiary/aromatic N) is 2. The lowest BCUT2D eigenvalue weighted by Crippen LogP contribution is -2.41. The van der Waals surface area contributed by atoms with E-state index in [2.05, 4.69) is 11.9 Å². The first kappa shape index (κ1) is 17.7. The van der Waals surface area contributed by atoms with E-state index in [1.165, 1.54) is 22.3 Å². The normalized spacial score (nSPS) is 16.2. The molecule has 2 amide bonds. The van der Waals surface area contributed by atoms with Crippen LogP contribution < -0.4 is 5.32 Å². The van der Waals surface area contributed by atoms with Gasteiger partial charge in [0.2, 0.25) is 5.91 Å². The second-order valence-corrected chi connectivity index (χ2v) is 8.49. The average Bonchev–Trinajstić information content (AvgIpc) is 3.20. The Balaban J connectivity index is 1.87. The first-order chi connectivity index (χ1) is 13.0. The predicted molar refractivity (Wildman–Crippen MR) is 108 cm³/mol. The monoisotopic (exact) mass is 399 g/mol. The summed E-state index contributed by atoms with van der Waals surface area (Å²) in [5.41, 5.74) is 2.89. The first-order valence-electron chi connectivity index (χ1n) is 8.41. The van der Waals surface area contributed by atoms with Gasteiger partial charge < -0.3 is 15.3 Å². The van der Waals surface area contributed by atoms with Crippen LogP contribution in [0, 0.1) is 0 Å². The highest BCUT2D eigenvalue weighted by Gasteiger charge is 2.33. The summed E-state index contributed by atoms with van der Waals surface area (Å²) in [6.07, 6.45) is 0.889. The molecule has 1 aromatic carbocycles. The lowest BCUT2D eigenvalue weighted by Gasteiger charge is -2.31. The van der Waals surface area contributed by atoms with Crippen LogP contribution in [-0.2, 0) is 17.8 Å². The molecule has 0 saturated carbocycles. The third kappa shape index (κ3) is 3.11. The molecule has 0 radical (unpaired) electrons. The van der Waals surface area contributed by atoms with Crippen LogP contribution in [0.5, 0.6) is 0 Å². The summed E-state index contributed by atoms with van der Waals surface area (Å²) >= 11 is 2.99. The summed E-state index contributed by atoms with van der Waals surface area (Å²) in [7, 11) is 0. The molecule has 2 aromatic heterocycles.